The van der Waals surface area contributed by atoms with Crippen molar-refractivity contribution in [2.75, 3.05) is 32.8 Å². The average molecular weight is 518 g/mol. The van der Waals surface area contributed by atoms with Crippen LogP contribution in [-0.4, -0.2) is 70.7 Å². The maximum atomic E-state index is 6.13. The highest BCUT2D eigenvalue weighted by Gasteiger charge is 2.24. The molecular formula is C20H35IN6O2. The minimum Gasteiger partial charge on any atom is -0.376 e. The number of halogens is 1. The van der Waals surface area contributed by atoms with E-state index in [1.54, 1.807) is 0 Å². The van der Waals surface area contributed by atoms with Crippen molar-refractivity contribution < 1.29 is 9.47 Å². The van der Waals surface area contributed by atoms with Gasteiger partial charge in [0.25, 0.3) is 0 Å². The van der Waals surface area contributed by atoms with Crippen LogP contribution in [0.15, 0.2) is 17.6 Å². The first-order chi connectivity index (χ1) is 13.7. The molecule has 2 aliphatic heterocycles. The summed E-state index contributed by atoms with van der Waals surface area (Å²) in [6.07, 6.45) is 8.02. The van der Waals surface area contributed by atoms with E-state index >= 15 is 0 Å². The number of likely N-dealkylation sites (tertiary alicyclic amines) is 1. The molecular weight excluding hydrogens is 483 g/mol. The zero-order valence-corrected chi connectivity index (χ0v) is 20.0. The molecule has 1 aromatic rings. The number of piperidine rings is 1. The van der Waals surface area contributed by atoms with Gasteiger partial charge in [-0.05, 0) is 39.0 Å². The first-order valence-corrected chi connectivity index (χ1v) is 10.4. The lowest BCUT2D eigenvalue weighted by Crippen LogP contribution is -2.47. The van der Waals surface area contributed by atoms with Crippen LogP contribution >= 0.6 is 24.0 Å². The van der Waals surface area contributed by atoms with E-state index in [0.29, 0.717) is 19.2 Å². The fourth-order valence-electron chi connectivity index (χ4n) is 3.58. The van der Waals surface area contributed by atoms with Gasteiger partial charge in [-0.1, -0.05) is 6.08 Å². The number of hydrogen-bond acceptors (Lipinski definition) is 5. The van der Waals surface area contributed by atoms with Gasteiger partial charge >= 0.3 is 0 Å². The highest BCUT2D eigenvalue weighted by atomic mass is 127. The minimum atomic E-state index is 0. The average Bonchev–Trinajstić information content (AvgIpc) is 3.06. The zero-order valence-electron chi connectivity index (χ0n) is 17.7. The standard InChI is InChI=1S/C20H34N6O2.HI/c1-4-10-21-20(22-14-19-24-23-16(2)25(19)3)26-11-8-17(9-12-26)28-15-18-7-5-6-13-27-18;/h4,17-18H,1,5-15H2,2-3H3,(H,21,22);1H. The number of aliphatic imine (C=N–C) groups is 1. The molecule has 0 radical (unpaired) electrons. The molecule has 0 amide bonds. The molecule has 3 rings (SSSR count). The van der Waals surface area contributed by atoms with Gasteiger partial charge in [-0.25, -0.2) is 4.99 Å². The molecule has 8 nitrogen and oxygen atoms in total. The topological polar surface area (TPSA) is 76.8 Å². The second-order valence-electron chi connectivity index (χ2n) is 7.54. The monoisotopic (exact) mass is 518 g/mol. The highest BCUT2D eigenvalue weighted by molar-refractivity contribution is 14.0. The van der Waals surface area contributed by atoms with Gasteiger partial charge in [-0.2, -0.15) is 0 Å². The first-order valence-electron chi connectivity index (χ1n) is 10.4. The lowest BCUT2D eigenvalue weighted by Gasteiger charge is -2.35. The Labute approximate surface area is 191 Å². The Balaban J connectivity index is 0.00000300. The Kier molecular flexibility index (Phi) is 10.4. The van der Waals surface area contributed by atoms with Gasteiger partial charge in [0.15, 0.2) is 11.8 Å². The van der Waals surface area contributed by atoms with Gasteiger partial charge in [0.1, 0.15) is 12.4 Å². The van der Waals surface area contributed by atoms with Crippen molar-refractivity contribution in [3.63, 3.8) is 0 Å². The van der Waals surface area contributed by atoms with Crippen molar-refractivity contribution in [2.24, 2.45) is 12.0 Å². The van der Waals surface area contributed by atoms with Crippen LogP contribution in [0.2, 0.25) is 0 Å². The molecule has 1 aromatic heterocycles. The Morgan fingerprint density at radius 2 is 2.10 bits per heavy atom. The Morgan fingerprint density at radius 3 is 2.72 bits per heavy atom. The fraction of sp³-hybridized carbons (Fsp3) is 0.750. The van der Waals surface area contributed by atoms with Crippen LogP contribution in [0.1, 0.15) is 43.8 Å². The quantitative estimate of drug-likeness (QED) is 0.259. The smallest absolute Gasteiger partial charge is 0.194 e. The molecule has 1 atom stereocenters. The Bertz CT molecular complexity index is 651. The minimum absolute atomic E-state index is 0. The van der Waals surface area contributed by atoms with Crippen molar-refractivity contribution in [1.82, 2.24) is 25.0 Å². The van der Waals surface area contributed by atoms with Crippen molar-refractivity contribution in [2.45, 2.75) is 57.8 Å². The highest BCUT2D eigenvalue weighted by Crippen LogP contribution is 2.18. The number of guanidine groups is 1. The van der Waals surface area contributed by atoms with Crippen LogP contribution in [0.25, 0.3) is 0 Å². The number of aryl methyl sites for hydroxylation is 1. The second kappa shape index (κ2) is 12.5. The third-order valence-electron chi connectivity index (χ3n) is 5.49. The lowest BCUT2D eigenvalue weighted by atomic mass is 10.1. The number of ether oxygens (including phenoxy) is 2. The van der Waals surface area contributed by atoms with E-state index in [-0.39, 0.29) is 30.1 Å². The predicted molar refractivity (Wildman–Crippen MR) is 125 cm³/mol. The largest absolute Gasteiger partial charge is 0.376 e. The number of aromatic nitrogens is 3. The van der Waals surface area contributed by atoms with Gasteiger partial charge < -0.3 is 24.3 Å². The maximum Gasteiger partial charge on any atom is 0.194 e. The van der Waals surface area contributed by atoms with E-state index in [4.69, 9.17) is 14.5 Å². The molecule has 0 aliphatic carbocycles. The molecule has 3 heterocycles. The van der Waals surface area contributed by atoms with Gasteiger partial charge in [0.2, 0.25) is 0 Å². The molecule has 1 unspecified atom stereocenters. The SMILES string of the molecule is C=CCNC(=NCc1nnc(C)n1C)N1CCC(OCC2CCCCO2)CC1.I. The fourth-order valence-corrected chi connectivity index (χ4v) is 3.58. The lowest BCUT2D eigenvalue weighted by molar-refractivity contribution is -0.0721. The first kappa shape index (κ1) is 24.1. The Morgan fingerprint density at radius 1 is 1.31 bits per heavy atom. The van der Waals surface area contributed by atoms with Crippen molar-refractivity contribution in [3.8, 4) is 0 Å². The zero-order chi connectivity index (χ0) is 19.8. The molecule has 1 N–H and O–H groups in total. The summed E-state index contributed by atoms with van der Waals surface area (Å²) in [6.45, 7) is 10.4. The second-order valence-corrected chi connectivity index (χ2v) is 7.54. The van der Waals surface area contributed by atoms with Crippen LogP contribution in [0.3, 0.4) is 0 Å². The maximum absolute atomic E-state index is 6.13. The van der Waals surface area contributed by atoms with Crippen molar-refractivity contribution in [1.29, 1.82) is 0 Å². The van der Waals surface area contributed by atoms with E-state index in [9.17, 15) is 0 Å². The molecule has 164 valence electrons. The van der Waals surface area contributed by atoms with Crippen molar-refractivity contribution >= 4 is 29.9 Å². The third-order valence-corrected chi connectivity index (χ3v) is 5.49. The molecule has 0 spiro atoms. The van der Waals surface area contributed by atoms with Crippen molar-refractivity contribution in [3.05, 3.63) is 24.3 Å². The summed E-state index contributed by atoms with van der Waals surface area (Å²) in [5.41, 5.74) is 0. The van der Waals surface area contributed by atoms with Gasteiger partial charge in [-0.15, -0.1) is 40.8 Å². The molecule has 2 aliphatic rings. The third kappa shape index (κ3) is 7.21. The van der Waals surface area contributed by atoms with Gasteiger partial charge in [0.05, 0.1) is 18.8 Å². The van der Waals surface area contributed by atoms with E-state index in [0.717, 1.165) is 63.2 Å². The summed E-state index contributed by atoms with van der Waals surface area (Å²) < 4.78 is 13.9. The van der Waals surface area contributed by atoms with E-state index in [1.807, 2.05) is 24.6 Å². The predicted octanol–water partition coefficient (Wildman–Crippen LogP) is 2.42. The molecule has 0 saturated carbocycles. The molecule has 29 heavy (non-hydrogen) atoms. The summed E-state index contributed by atoms with van der Waals surface area (Å²) in [6, 6.07) is 0. The van der Waals surface area contributed by atoms with Crippen LogP contribution in [0.5, 0.6) is 0 Å². The van der Waals surface area contributed by atoms with Crippen LogP contribution in [0.4, 0.5) is 0 Å². The molecule has 2 fully saturated rings. The Hall–Kier alpha value is -1.20. The van der Waals surface area contributed by atoms with E-state index < -0.39 is 0 Å². The number of rotatable bonds is 7. The summed E-state index contributed by atoms with van der Waals surface area (Å²) in [5.74, 6) is 2.65. The molecule has 2 saturated heterocycles. The van der Waals surface area contributed by atoms with Crippen LogP contribution < -0.4 is 5.32 Å². The molecule has 0 bridgehead atoms. The number of nitrogens with zero attached hydrogens (tertiary/aromatic N) is 5. The summed E-state index contributed by atoms with van der Waals surface area (Å²) >= 11 is 0. The summed E-state index contributed by atoms with van der Waals surface area (Å²) in [7, 11) is 1.97. The van der Waals surface area contributed by atoms with Crippen LogP contribution in [0, 0.1) is 6.92 Å². The number of hydrogen-bond donors (Lipinski definition) is 1. The molecule has 9 heteroatoms. The van der Waals surface area contributed by atoms with E-state index in [1.165, 1.54) is 12.8 Å². The van der Waals surface area contributed by atoms with Gasteiger partial charge in [0, 0.05) is 33.3 Å². The summed E-state index contributed by atoms with van der Waals surface area (Å²) in [4.78, 5) is 7.07. The normalized spacial score (nSPS) is 21.0. The van der Waals surface area contributed by atoms with E-state index in [2.05, 4.69) is 27.0 Å². The number of nitrogens with one attached hydrogen (secondary N) is 1. The summed E-state index contributed by atoms with van der Waals surface area (Å²) in [5, 5.41) is 11.7. The molecule has 0 aromatic carbocycles. The van der Waals surface area contributed by atoms with Crippen LogP contribution in [-0.2, 0) is 23.1 Å². The van der Waals surface area contributed by atoms with Gasteiger partial charge in [-0.3, -0.25) is 0 Å².